The fraction of sp³-hybridized carbons (Fsp3) is 0.375. The Hall–Kier alpha value is -1.54. The highest BCUT2D eigenvalue weighted by atomic mass is 16.5. The fourth-order valence-electron chi connectivity index (χ4n) is 2.77. The molecule has 0 amide bonds. The molecule has 0 aromatic heterocycles. The summed E-state index contributed by atoms with van der Waals surface area (Å²) < 4.78 is 6.00. The second kappa shape index (κ2) is 4.99. The Kier molecular flexibility index (Phi) is 3.20. The largest absolute Gasteiger partial charge is 0.493 e. The van der Waals surface area contributed by atoms with Crippen molar-refractivity contribution in [2.45, 2.75) is 25.8 Å². The Morgan fingerprint density at radius 1 is 1.22 bits per heavy atom. The lowest BCUT2D eigenvalue weighted by Crippen LogP contribution is -2.20. The summed E-state index contributed by atoms with van der Waals surface area (Å²) in [6.45, 7) is 3.98. The summed E-state index contributed by atoms with van der Waals surface area (Å²) in [5.41, 5.74) is 1.31. The summed E-state index contributed by atoms with van der Waals surface area (Å²) >= 11 is 0. The van der Waals surface area contributed by atoms with E-state index in [-0.39, 0.29) is 0 Å². The highest BCUT2D eigenvalue weighted by molar-refractivity contribution is 5.89. The molecule has 2 nitrogen and oxygen atoms in total. The second-order valence-electron chi connectivity index (χ2n) is 4.81. The first-order chi connectivity index (χ1) is 8.90. The molecular weight excluding hydrogens is 222 g/mol. The lowest BCUT2D eigenvalue weighted by Gasteiger charge is -2.18. The monoisotopic (exact) mass is 241 g/mol. The predicted octanol–water partition coefficient (Wildman–Crippen LogP) is 3.66. The van der Waals surface area contributed by atoms with Gasteiger partial charge in [-0.05, 0) is 24.8 Å². The van der Waals surface area contributed by atoms with Crippen molar-refractivity contribution >= 4 is 10.8 Å². The Balaban J connectivity index is 2.16. The first-order valence-electron chi connectivity index (χ1n) is 6.78. The van der Waals surface area contributed by atoms with Gasteiger partial charge in [0.25, 0.3) is 0 Å². The average Bonchev–Trinajstić information content (AvgIpc) is 2.62. The smallest absolute Gasteiger partial charge is 0.131 e. The molecule has 1 aliphatic heterocycles. The van der Waals surface area contributed by atoms with E-state index in [4.69, 9.17) is 4.74 Å². The Morgan fingerprint density at radius 3 is 3.00 bits per heavy atom. The van der Waals surface area contributed by atoms with E-state index >= 15 is 0 Å². The van der Waals surface area contributed by atoms with Gasteiger partial charge in [-0.2, -0.15) is 0 Å². The Bertz CT molecular complexity index is 550. The zero-order valence-electron chi connectivity index (χ0n) is 10.8. The van der Waals surface area contributed by atoms with Gasteiger partial charge < -0.3 is 10.1 Å². The molecule has 1 N–H and O–H groups in total. The zero-order valence-corrected chi connectivity index (χ0v) is 10.8. The van der Waals surface area contributed by atoms with Crippen LogP contribution in [-0.2, 0) is 0 Å². The van der Waals surface area contributed by atoms with Gasteiger partial charge in [-0.3, -0.25) is 0 Å². The first kappa shape index (κ1) is 11.5. The lowest BCUT2D eigenvalue weighted by atomic mass is 9.98. The van der Waals surface area contributed by atoms with E-state index in [1.54, 1.807) is 0 Å². The minimum atomic E-state index is 0.428. The SMILES string of the molecule is CCNC1CCCOc2c1ccc1ccccc21. The summed E-state index contributed by atoms with van der Waals surface area (Å²) in [6.07, 6.45) is 2.26. The van der Waals surface area contributed by atoms with Crippen molar-refractivity contribution in [1.82, 2.24) is 5.32 Å². The molecule has 0 bridgehead atoms. The average molecular weight is 241 g/mol. The van der Waals surface area contributed by atoms with Crippen LogP contribution in [0.5, 0.6) is 5.75 Å². The summed E-state index contributed by atoms with van der Waals surface area (Å²) in [5, 5.41) is 6.06. The highest BCUT2D eigenvalue weighted by Gasteiger charge is 2.20. The van der Waals surface area contributed by atoms with Crippen molar-refractivity contribution in [2.75, 3.05) is 13.2 Å². The van der Waals surface area contributed by atoms with Crippen molar-refractivity contribution in [3.63, 3.8) is 0 Å². The van der Waals surface area contributed by atoms with Crippen LogP contribution in [0.1, 0.15) is 31.4 Å². The summed E-state index contributed by atoms with van der Waals surface area (Å²) in [6, 6.07) is 13.3. The van der Waals surface area contributed by atoms with Gasteiger partial charge in [0.05, 0.1) is 6.61 Å². The molecular formula is C16H19NO. The van der Waals surface area contributed by atoms with E-state index in [9.17, 15) is 0 Å². The number of ether oxygens (including phenoxy) is 1. The minimum absolute atomic E-state index is 0.428. The highest BCUT2D eigenvalue weighted by Crippen LogP contribution is 2.37. The molecule has 2 heteroatoms. The maximum Gasteiger partial charge on any atom is 0.131 e. The van der Waals surface area contributed by atoms with E-state index in [0.717, 1.165) is 31.7 Å². The third-order valence-corrected chi connectivity index (χ3v) is 3.62. The zero-order chi connectivity index (χ0) is 12.4. The summed E-state index contributed by atoms with van der Waals surface area (Å²) in [5.74, 6) is 1.08. The molecule has 0 saturated heterocycles. The number of hydrogen-bond donors (Lipinski definition) is 1. The van der Waals surface area contributed by atoms with E-state index in [1.807, 2.05) is 0 Å². The van der Waals surface area contributed by atoms with Crippen LogP contribution in [0.3, 0.4) is 0 Å². The molecule has 94 valence electrons. The van der Waals surface area contributed by atoms with Crippen LogP contribution < -0.4 is 10.1 Å². The van der Waals surface area contributed by atoms with Crippen LogP contribution in [0.4, 0.5) is 0 Å². The van der Waals surface area contributed by atoms with Crippen LogP contribution in [-0.4, -0.2) is 13.2 Å². The standard InChI is InChI=1S/C16H19NO/c1-2-17-15-8-5-11-18-16-13-7-4-3-6-12(13)9-10-14(15)16/h3-4,6-7,9-10,15,17H,2,5,8,11H2,1H3. The summed E-state index contributed by atoms with van der Waals surface area (Å²) in [7, 11) is 0. The number of rotatable bonds is 2. The molecule has 0 spiro atoms. The van der Waals surface area contributed by atoms with Crippen LogP contribution in [0.15, 0.2) is 36.4 Å². The van der Waals surface area contributed by atoms with E-state index in [1.165, 1.54) is 16.3 Å². The van der Waals surface area contributed by atoms with Crippen molar-refractivity contribution in [1.29, 1.82) is 0 Å². The number of fused-ring (bicyclic) bond motifs is 3. The van der Waals surface area contributed by atoms with E-state index in [2.05, 4.69) is 48.6 Å². The second-order valence-corrected chi connectivity index (χ2v) is 4.81. The van der Waals surface area contributed by atoms with Crippen molar-refractivity contribution in [3.8, 4) is 5.75 Å². The number of benzene rings is 2. The Morgan fingerprint density at radius 2 is 2.11 bits per heavy atom. The quantitative estimate of drug-likeness (QED) is 0.866. The van der Waals surface area contributed by atoms with Crippen LogP contribution in [0.2, 0.25) is 0 Å². The molecule has 1 atom stereocenters. The molecule has 0 saturated carbocycles. The van der Waals surface area contributed by atoms with E-state index in [0.29, 0.717) is 6.04 Å². The molecule has 0 radical (unpaired) electrons. The predicted molar refractivity (Wildman–Crippen MR) is 75.1 cm³/mol. The first-order valence-corrected chi connectivity index (χ1v) is 6.78. The molecule has 3 rings (SSSR count). The van der Waals surface area contributed by atoms with Gasteiger partial charge in [-0.15, -0.1) is 0 Å². The van der Waals surface area contributed by atoms with E-state index < -0.39 is 0 Å². The van der Waals surface area contributed by atoms with Gasteiger partial charge in [0.15, 0.2) is 0 Å². The van der Waals surface area contributed by atoms with Crippen molar-refractivity contribution in [3.05, 3.63) is 42.0 Å². The van der Waals surface area contributed by atoms with Gasteiger partial charge in [0, 0.05) is 17.0 Å². The third-order valence-electron chi connectivity index (χ3n) is 3.62. The van der Waals surface area contributed by atoms with Crippen LogP contribution in [0.25, 0.3) is 10.8 Å². The number of nitrogens with one attached hydrogen (secondary N) is 1. The molecule has 18 heavy (non-hydrogen) atoms. The fourth-order valence-corrected chi connectivity index (χ4v) is 2.77. The maximum atomic E-state index is 6.00. The normalized spacial score (nSPS) is 19.1. The topological polar surface area (TPSA) is 21.3 Å². The lowest BCUT2D eigenvalue weighted by molar-refractivity contribution is 0.318. The molecule has 0 aliphatic carbocycles. The van der Waals surface area contributed by atoms with Gasteiger partial charge in [-0.25, -0.2) is 0 Å². The van der Waals surface area contributed by atoms with Gasteiger partial charge >= 0.3 is 0 Å². The molecule has 2 aromatic rings. The van der Waals surface area contributed by atoms with Gasteiger partial charge in [-0.1, -0.05) is 43.3 Å². The third kappa shape index (κ3) is 1.97. The van der Waals surface area contributed by atoms with Crippen molar-refractivity contribution < 1.29 is 4.74 Å². The molecule has 0 fully saturated rings. The maximum absolute atomic E-state index is 6.00. The Labute approximate surface area is 108 Å². The molecule has 1 unspecified atom stereocenters. The van der Waals surface area contributed by atoms with Crippen LogP contribution in [0, 0.1) is 0 Å². The van der Waals surface area contributed by atoms with Gasteiger partial charge in [0.1, 0.15) is 5.75 Å². The molecule has 1 aliphatic rings. The molecule has 1 heterocycles. The van der Waals surface area contributed by atoms with Gasteiger partial charge in [0.2, 0.25) is 0 Å². The summed E-state index contributed by atoms with van der Waals surface area (Å²) in [4.78, 5) is 0. The molecule has 2 aromatic carbocycles. The van der Waals surface area contributed by atoms with Crippen LogP contribution >= 0.6 is 0 Å². The van der Waals surface area contributed by atoms with Crippen molar-refractivity contribution in [2.24, 2.45) is 0 Å². The number of hydrogen-bond acceptors (Lipinski definition) is 2. The minimum Gasteiger partial charge on any atom is -0.493 e.